The Kier molecular flexibility index (Phi) is 8.55. The summed E-state index contributed by atoms with van der Waals surface area (Å²) < 4.78 is 16.8. The van der Waals surface area contributed by atoms with E-state index in [1.807, 2.05) is 13.0 Å². The number of hydrogen-bond donors (Lipinski definition) is 1. The number of esters is 1. The zero-order chi connectivity index (χ0) is 20.5. The van der Waals surface area contributed by atoms with E-state index in [1.54, 1.807) is 37.2 Å². The first kappa shape index (κ1) is 22.0. The van der Waals surface area contributed by atoms with Crippen LogP contribution in [0.3, 0.4) is 0 Å². The summed E-state index contributed by atoms with van der Waals surface area (Å²) in [6.07, 6.45) is 5.74. The molecule has 1 N–H and O–H groups in total. The molecular weight excluding hydrogens is 368 g/mol. The second kappa shape index (κ2) is 10.9. The molecular formula is C18H28N4O6. The minimum absolute atomic E-state index is 0.0120. The zero-order valence-corrected chi connectivity index (χ0v) is 16.6. The van der Waals surface area contributed by atoms with Gasteiger partial charge in [-0.05, 0) is 6.92 Å². The summed E-state index contributed by atoms with van der Waals surface area (Å²) >= 11 is 0. The molecule has 156 valence electrons. The molecule has 2 rings (SSSR count). The summed E-state index contributed by atoms with van der Waals surface area (Å²) in [6, 6.07) is -0.243. The number of oxime groups is 1. The predicted octanol–water partition coefficient (Wildman–Crippen LogP) is 1.04. The Morgan fingerprint density at radius 1 is 1.46 bits per heavy atom. The highest BCUT2D eigenvalue weighted by Gasteiger charge is 2.29. The van der Waals surface area contributed by atoms with Gasteiger partial charge in [-0.15, -0.1) is 5.10 Å². The van der Waals surface area contributed by atoms with Gasteiger partial charge in [0.25, 0.3) is 0 Å². The lowest BCUT2D eigenvalue weighted by atomic mass is 10.0. The molecule has 1 aromatic rings. The van der Waals surface area contributed by atoms with Gasteiger partial charge in [0.2, 0.25) is 0 Å². The maximum Gasteiger partial charge on any atom is 0.309 e. The van der Waals surface area contributed by atoms with E-state index in [0.717, 1.165) is 0 Å². The number of methoxy groups -OCH3 is 2. The van der Waals surface area contributed by atoms with Crippen LogP contribution in [0.15, 0.2) is 23.5 Å². The number of nitrogens with zero attached hydrogens (tertiary/aromatic N) is 4. The fourth-order valence-corrected chi connectivity index (χ4v) is 2.65. The first-order valence-electron chi connectivity index (χ1n) is 9.09. The van der Waals surface area contributed by atoms with Crippen molar-refractivity contribution in [3.8, 4) is 0 Å². The van der Waals surface area contributed by atoms with E-state index in [0.29, 0.717) is 18.9 Å². The maximum absolute atomic E-state index is 11.1. The van der Waals surface area contributed by atoms with Crippen molar-refractivity contribution in [1.82, 2.24) is 15.0 Å². The van der Waals surface area contributed by atoms with Crippen LogP contribution in [0, 0.1) is 5.92 Å². The second-order valence-corrected chi connectivity index (χ2v) is 6.57. The number of ether oxygens (including phenoxy) is 3. The molecule has 2 heterocycles. The highest BCUT2D eigenvalue weighted by molar-refractivity contribution is 5.71. The van der Waals surface area contributed by atoms with Crippen molar-refractivity contribution in [2.24, 2.45) is 11.1 Å². The molecule has 1 aromatic heterocycles. The molecule has 0 radical (unpaired) electrons. The molecule has 1 aliphatic rings. The molecule has 28 heavy (non-hydrogen) atoms. The van der Waals surface area contributed by atoms with E-state index in [-0.39, 0.29) is 30.5 Å². The van der Waals surface area contributed by atoms with E-state index in [4.69, 9.17) is 14.3 Å². The Morgan fingerprint density at radius 2 is 2.25 bits per heavy atom. The van der Waals surface area contributed by atoms with Crippen molar-refractivity contribution in [2.75, 3.05) is 27.4 Å². The quantitative estimate of drug-likeness (QED) is 0.270. The van der Waals surface area contributed by atoms with E-state index < -0.39 is 12.2 Å². The third kappa shape index (κ3) is 6.11. The van der Waals surface area contributed by atoms with Crippen LogP contribution in [-0.4, -0.2) is 71.9 Å². The molecule has 1 aliphatic heterocycles. The third-order valence-corrected chi connectivity index (χ3v) is 4.47. The van der Waals surface area contributed by atoms with Crippen LogP contribution >= 0.6 is 0 Å². The fraction of sp³-hybridized carbons (Fsp3) is 0.667. The van der Waals surface area contributed by atoms with Crippen LogP contribution in [0.5, 0.6) is 0 Å². The van der Waals surface area contributed by atoms with Crippen LogP contribution in [0.1, 0.15) is 38.1 Å². The van der Waals surface area contributed by atoms with E-state index in [2.05, 4.69) is 20.2 Å². The molecule has 0 spiro atoms. The lowest BCUT2D eigenvalue weighted by Crippen LogP contribution is -2.22. The maximum atomic E-state index is 11.1. The van der Waals surface area contributed by atoms with Crippen LogP contribution < -0.4 is 0 Å². The first-order chi connectivity index (χ1) is 13.5. The summed E-state index contributed by atoms with van der Waals surface area (Å²) in [5.41, 5.74) is 0.594. The Balaban J connectivity index is 1.86. The third-order valence-electron chi connectivity index (χ3n) is 4.47. The van der Waals surface area contributed by atoms with Gasteiger partial charge < -0.3 is 24.2 Å². The first-order valence-corrected chi connectivity index (χ1v) is 9.09. The van der Waals surface area contributed by atoms with E-state index >= 15 is 0 Å². The Morgan fingerprint density at radius 3 is 2.89 bits per heavy atom. The summed E-state index contributed by atoms with van der Waals surface area (Å²) in [5, 5.41) is 22.0. The second-order valence-electron chi connectivity index (χ2n) is 6.57. The number of carbonyl (C=O) groups is 1. The van der Waals surface area contributed by atoms with Crippen LogP contribution in [-0.2, 0) is 23.8 Å². The lowest BCUT2D eigenvalue weighted by molar-refractivity contribution is -0.139. The van der Waals surface area contributed by atoms with Crippen LogP contribution in [0.25, 0.3) is 0 Å². The van der Waals surface area contributed by atoms with Gasteiger partial charge >= 0.3 is 5.97 Å². The normalized spacial score (nSPS) is 23.2. The molecule has 1 fully saturated rings. The minimum atomic E-state index is -0.597. The number of rotatable bonds is 10. The number of aromatic nitrogens is 3. The number of carbonyl (C=O) groups excluding carboxylic acids is 1. The van der Waals surface area contributed by atoms with Crippen molar-refractivity contribution in [3.63, 3.8) is 0 Å². The standard InChI is InChI=1S/C18H28N4O6/c1-12(6-5-7-18(24)26-4)17(25-3)8-19-28-13(2)14-9-22(21-20-14)15-10-27-11-16(15)23/h5-6,8-9,12-13,15-17,23H,7,10-11H2,1-4H3/t12-,13-,15-,16-,17-/m1/s1. The highest BCUT2D eigenvalue weighted by atomic mass is 16.6. The molecule has 0 amide bonds. The van der Waals surface area contributed by atoms with Gasteiger partial charge in [-0.3, -0.25) is 4.79 Å². The van der Waals surface area contributed by atoms with Crippen molar-refractivity contribution in [3.05, 3.63) is 24.0 Å². The molecule has 0 aliphatic carbocycles. The largest absolute Gasteiger partial charge is 0.469 e. The van der Waals surface area contributed by atoms with E-state index in [9.17, 15) is 9.90 Å². The smallest absolute Gasteiger partial charge is 0.309 e. The van der Waals surface area contributed by atoms with Gasteiger partial charge in [0.05, 0.1) is 39.2 Å². The highest BCUT2D eigenvalue weighted by Crippen LogP contribution is 2.21. The number of aliphatic hydroxyl groups excluding tert-OH is 1. The molecule has 0 aromatic carbocycles. The molecule has 10 heteroatoms. The number of hydrogen-bond acceptors (Lipinski definition) is 9. The molecule has 5 atom stereocenters. The van der Waals surface area contributed by atoms with Crippen molar-refractivity contribution in [1.29, 1.82) is 0 Å². The monoisotopic (exact) mass is 396 g/mol. The van der Waals surface area contributed by atoms with Gasteiger partial charge in [0, 0.05) is 13.0 Å². The van der Waals surface area contributed by atoms with Gasteiger partial charge in [0.15, 0.2) is 6.10 Å². The Bertz CT molecular complexity index is 677. The molecule has 10 nitrogen and oxygen atoms in total. The zero-order valence-electron chi connectivity index (χ0n) is 16.6. The predicted molar refractivity (Wildman–Crippen MR) is 99.6 cm³/mol. The minimum Gasteiger partial charge on any atom is -0.469 e. The van der Waals surface area contributed by atoms with E-state index in [1.165, 1.54) is 7.11 Å². The fourth-order valence-electron chi connectivity index (χ4n) is 2.65. The molecule has 0 saturated carbocycles. The average molecular weight is 396 g/mol. The van der Waals surface area contributed by atoms with Crippen LogP contribution in [0.4, 0.5) is 0 Å². The summed E-state index contributed by atoms with van der Waals surface area (Å²) in [4.78, 5) is 16.6. The lowest BCUT2D eigenvalue weighted by Gasteiger charge is -2.15. The van der Waals surface area contributed by atoms with Gasteiger partial charge in [-0.2, -0.15) is 0 Å². The Labute approximate surface area is 164 Å². The number of aliphatic hydroxyl groups is 1. The van der Waals surface area contributed by atoms with Crippen molar-refractivity contribution < 1.29 is 28.9 Å². The van der Waals surface area contributed by atoms with Gasteiger partial charge in [-0.25, -0.2) is 4.68 Å². The average Bonchev–Trinajstić information content (AvgIpc) is 3.33. The topological polar surface area (TPSA) is 117 Å². The van der Waals surface area contributed by atoms with Crippen molar-refractivity contribution >= 4 is 12.2 Å². The Hall–Kier alpha value is -2.30. The van der Waals surface area contributed by atoms with Gasteiger partial charge in [-0.1, -0.05) is 29.4 Å². The SMILES string of the molecule is COC(=O)CC=C[C@@H](C)[C@@H](C=NO[C@H](C)c1cn([C@@H]2COC[C@H]2O)nn1)OC. The molecule has 0 unspecified atom stereocenters. The summed E-state index contributed by atoms with van der Waals surface area (Å²) in [5.74, 6) is -0.310. The van der Waals surface area contributed by atoms with Gasteiger partial charge in [0.1, 0.15) is 23.9 Å². The van der Waals surface area contributed by atoms with Crippen molar-refractivity contribution in [2.45, 2.75) is 44.6 Å². The molecule has 1 saturated heterocycles. The summed E-state index contributed by atoms with van der Waals surface area (Å²) in [6.45, 7) is 4.43. The molecule has 0 bridgehead atoms. The van der Waals surface area contributed by atoms with Crippen LogP contribution in [0.2, 0.25) is 0 Å². The summed E-state index contributed by atoms with van der Waals surface area (Å²) in [7, 11) is 2.93.